The Kier molecular flexibility index (Phi) is 18.4. The molecule has 0 saturated carbocycles. The Morgan fingerprint density at radius 3 is 1.58 bits per heavy atom. The van der Waals surface area contributed by atoms with E-state index in [-0.39, 0.29) is 17.0 Å². The van der Waals surface area contributed by atoms with Crippen molar-refractivity contribution in [3.8, 4) is 0 Å². The van der Waals surface area contributed by atoms with Gasteiger partial charge in [0, 0.05) is 11.8 Å². The summed E-state index contributed by atoms with van der Waals surface area (Å²) in [4.78, 5) is 24.7. The van der Waals surface area contributed by atoms with Crippen molar-refractivity contribution in [1.82, 2.24) is 0 Å². The molecule has 0 heterocycles. The molecule has 0 radical (unpaired) electrons. The number of carbonyl (C=O) groups excluding carboxylic acids is 2. The normalized spacial score (nSPS) is 13.5. The first-order valence-corrected chi connectivity index (χ1v) is 12.9. The molecule has 0 spiro atoms. The summed E-state index contributed by atoms with van der Waals surface area (Å²) < 4.78 is 0. The quantitative estimate of drug-likeness (QED) is 0.236. The molecular formula is C22H42O2S2. The van der Waals surface area contributed by atoms with Crippen LogP contribution in [0, 0.1) is 11.8 Å². The summed E-state index contributed by atoms with van der Waals surface area (Å²) in [7, 11) is 0. The van der Waals surface area contributed by atoms with Gasteiger partial charge in [0.05, 0.1) is 0 Å². The van der Waals surface area contributed by atoms with Gasteiger partial charge in [-0.1, -0.05) is 109 Å². The Labute approximate surface area is 171 Å². The van der Waals surface area contributed by atoms with E-state index in [0.717, 1.165) is 37.2 Å². The lowest BCUT2D eigenvalue weighted by Gasteiger charge is -2.20. The van der Waals surface area contributed by atoms with E-state index < -0.39 is 0 Å². The van der Waals surface area contributed by atoms with Crippen LogP contribution < -0.4 is 0 Å². The highest BCUT2D eigenvalue weighted by atomic mass is 32.2. The molecule has 0 aliphatic heterocycles. The molecule has 0 saturated heterocycles. The first-order valence-electron chi connectivity index (χ1n) is 10.9. The van der Waals surface area contributed by atoms with Crippen molar-refractivity contribution in [2.75, 3.05) is 11.5 Å². The molecule has 0 fully saturated rings. The van der Waals surface area contributed by atoms with Gasteiger partial charge >= 0.3 is 0 Å². The summed E-state index contributed by atoms with van der Waals surface area (Å²) in [5.41, 5.74) is 0. The molecule has 154 valence electrons. The van der Waals surface area contributed by atoms with Crippen LogP contribution in [0.4, 0.5) is 0 Å². The predicted octanol–water partition coefficient (Wildman–Crippen LogP) is 7.50. The Morgan fingerprint density at radius 2 is 1.12 bits per heavy atom. The third kappa shape index (κ3) is 13.2. The van der Waals surface area contributed by atoms with Crippen LogP contribution in [-0.2, 0) is 9.59 Å². The van der Waals surface area contributed by atoms with E-state index in [9.17, 15) is 9.59 Å². The van der Waals surface area contributed by atoms with Crippen LogP contribution >= 0.6 is 23.5 Å². The lowest BCUT2D eigenvalue weighted by Crippen LogP contribution is -2.20. The highest BCUT2D eigenvalue weighted by molar-refractivity contribution is 8.13. The molecule has 0 amide bonds. The maximum absolute atomic E-state index is 12.5. The highest BCUT2D eigenvalue weighted by Gasteiger charge is 2.25. The first kappa shape index (κ1) is 26.0. The number of unbranched alkanes of at least 4 members (excludes halogenated alkanes) is 8. The van der Waals surface area contributed by atoms with Gasteiger partial charge < -0.3 is 0 Å². The molecule has 0 rings (SSSR count). The molecule has 26 heavy (non-hydrogen) atoms. The van der Waals surface area contributed by atoms with Gasteiger partial charge in [-0.25, -0.2) is 0 Å². The molecule has 0 aromatic heterocycles. The van der Waals surface area contributed by atoms with E-state index in [2.05, 4.69) is 13.8 Å². The van der Waals surface area contributed by atoms with Crippen LogP contribution in [0.5, 0.6) is 0 Å². The zero-order valence-electron chi connectivity index (χ0n) is 17.7. The van der Waals surface area contributed by atoms with Gasteiger partial charge in [-0.05, 0) is 30.8 Å². The Bertz CT molecular complexity index is 358. The van der Waals surface area contributed by atoms with Gasteiger partial charge in [0.25, 0.3) is 0 Å². The lowest BCUT2D eigenvalue weighted by molar-refractivity contribution is -0.117. The van der Waals surface area contributed by atoms with Crippen molar-refractivity contribution >= 4 is 33.8 Å². The lowest BCUT2D eigenvalue weighted by atomic mass is 9.90. The smallest absolute Gasteiger partial charge is 0.192 e. The minimum absolute atomic E-state index is 0.0462. The van der Waals surface area contributed by atoms with Crippen LogP contribution in [-0.4, -0.2) is 21.7 Å². The second-order valence-corrected chi connectivity index (χ2v) is 9.70. The minimum atomic E-state index is 0.0462. The topological polar surface area (TPSA) is 34.1 Å². The molecule has 2 atom stereocenters. The van der Waals surface area contributed by atoms with E-state index in [1.165, 1.54) is 74.9 Å². The molecular weight excluding hydrogens is 360 g/mol. The van der Waals surface area contributed by atoms with Crippen LogP contribution in [0.2, 0.25) is 0 Å². The summed E-state index contributed by atoms with van der Waals surface area (Å²) in [6, 6.07) is 0. The second kappa shape index (κ2) is 18.4. The van der Waals surface area contributed by atoms with Crippen molar-refractivity contribution < 1.29 is 9.59 Å². The Hall–Kier alpha value is 0.0400. The molecule has 2 nitrogen and oxygen atoms in total. The van der Waals surface area contributed by atoms with Crippen molar-refractivity contribution in [2.24, 2.45) is 11.8 Å². The molecule has 0 aliphatic rings. The van der Waals surface area contributed by atoms with Gasteiger partial charge in [-0.3, -0.25) is 9.59 Å². The fourth-order valence-corrected chi connectivity index (χ4v) is 4.84. The summed E-state index contributed by atoms with van der Waals surface area (Å²) in [5, 5.41) is 0.584. The summed E-state index contributed by atoms with van der Waals surface area (Å²) >= 11 is 2.86. The maximum Gasteiger partial charge on any atom is 0.192 e. The van der Waals surface area contributed by atoms with Crippen LogP contribution in [0.25, 0.3) is 0 Å². The van der Waals surface area contributed by atoms with Crippen molar-refractivity contribution in [2.45, 2.75) is 105 Å². The third-order valence-electron chi connectivity index (χ3n) is 4.96. The molecule has 0 aliphatic carbocycles. The van der Waals surface area contributed by atoms with Gasteiger partial charge in [-0.2, -0.15) is 0 Å². The maximum atomic E-state index is 12.5. The molecule has 0 bridgehead atoms. The van der Waals surface area contributed by atoms with Crippen LogP contribution in [0.15, 0.2) is 0 Å². The zero-order chi connectivity index (χ0) is 19.6. The van der Waals surface area contributed by atoms with Gasteiger partial charge in [-0.15, -0.1) is 0 Å². The fourth-order valence-electron chi connectivity index (χ4n) is 3.33. The van der Waals surface area contributed by atoms with E-state index in [4.69, 9.17) is 0 Å². The number of thioether (sulfide) groups is 2. The molecule has 0 aromatic rings. The number of rotatable bonds is 17. The highest BCUT2D eigenvalue weighted by Crippen LogP contribution is 2.29. The molecule has 2 unspecified atom stereocenters. The summed E-state index contributed by atoms with van der Waals surface area (Å²) in [6.45, 7) is 8.39. The first-order chi connectivity index (χ1) is 12.6. The molecule has 0 N–H and O–H groups in total. The average molecular weight is 403 g/mol. The zero-order valence-corrected chi connectivity index (χ0v) is 19.3. The van der Waals surface area contributed by atoms with E-state index in [1.54, 1.807) is 0 Å². The van der Waals surface area contributed by atoms with Crippen molar-refractivity contribution in [3.05, 3.63) is 0 Å². The Balaban J connectivity index is 4.22. The monoisotopic (exact) mass is 402 g/mol. The van der Waals surface area contributed by atoms with Gasteiger partial charge in [0.15, 0.2) is 10.2 Å². The number of carbonyl (C=O) groups is 2. The molecule has 0 aromatic carbocycles. The number of hydrogen-bond donors (Lipinski definition) is 0. The fraction of sp³-hybridized carbons (Fsp3) is 0.909. The van der Waals surface area contributed by atoms with Crippen LogP contribution in [0.3, 0.4) is 0 Å². The minimum Gasteiger partial charge on any atom is -0.287 e. The van der Waals surface area contributed by atoms with E-state index in [1.807, 2.05) is 13.8 Å². The van der Waals surface area contributed by atoms with Gasteiger partial charge in [0.1, 0.15) is 0 Å². The standard InChI is InChI=1S/C22H42O2S2/c1-5-9-10-11-12-13-14-15-16-17-20(22(24)26-8-4)18-19(6-2)21(23)25-7-3/h19-20H,5-18H2,1-4H3. The Morgan fingerprint density at radius 1 is 0.654 bits per heavy atom. The molecule has 4 heteroatoms. The predicted molar refractivity (Wildman–Crippen MR) is 120 cm³/mol. The van der Waals surface area contributed by atoms with Crippen molar-refractivity contribution in [1.29, 1.82) is 0 Å². The largest absolute Gasteiger partial charge is 0.287 e. The third-order valence-corrected chi connectivity index (χ3v) is 6.77. The summed E-state index contributed by atoms with van der Waals surface area (Å²) in [5.74, 6) is 1.78. The van der Waals surface area contributed by atoms with Gasteiger partial charge in [0.2, 0.25) is 0 Å². The average Bonchev–Trinajstić information content (AvgIpc) is 2.63. The SMILES string of the molecule is CCCCCCCCCCCC(CC(CC)C(=O)SCC)C(=O)SCC. The van der Waals surface area contributed by atoms with E-state index >= 15 is 0 Å². The van der Waals surface area contributed by atoms with Crippen LogP contribution in [0.1, 0.15) is 105 Å². The van der Waals surface area contributed by atoms with E-state index in [0.29, 0.717) is 5.12 Å². The number of hydrogen-bond acceptors (Lipinski definition) is 4. The second-order valence-electron chi connectivity index (χ2n) is 7.16. The summed E-state index contributed by atoms with van der Waals surface area (Å²) in [6.07, 6.45) is 14.3. The van der Waals surface area contributed by atoms with Crippen molar-refractivity contribution in [3.63, 3.8) is 0 Å².